The largest absolute Gasteiger partial charge is 0.452 e. The Morgan fingerprint density at radius 2 is 1.72 bits per heavy atom. The zero-order chi connectivity index (χ0) is 21.2. The average Bonchev–Trinajstić information content (AvgIpc) is 2.71. The molecule has 0 heterocycles. The molecule has 0 aromatic heterocycles. The van der Waals surface area contributed by atoms with Gasteiger partial charge in [0.2, 0.25) is 0 Å². The van der Waals surface area contributed by atoms with Crippen molar-refractivity contribution < 1.29 is 14.3 Å². The van der Waals surface area contributed by atoms with Crippen molar-refractivity contribution in [1.29, 1.82) is 5.26 Å². The van der Waals surface area contributed by atoms with Gasteiger partial charge in [-0.3, -0.25) is 4.79 Å². The smallest absolute Gasteiger partial charge is 0.331 e. The number of nitrogens with one attached hydrogen (secondary N) is 1. The number of hydrogen-bond acceptors (Lipinski definition) is 4. The number of amides is 1. The van der Waals surface area contributed by atoms with Crippen LogP contribution in [-0.2, 0) is 20.7 Å². The summed E-state index contributed by atoms with van der Waals surface area (Å²) in [5, 5.41) is 11.6. The molecule has 5 nitrogen and oxygen atoms in total. The Hall–Kier alpha value is -3.39. The van der Waals surface area contributed by atoms with Crippen LogP contribution in [0, 0.1) is 17.2 Å². The van der Waals surface area contributed by atoms with Gasteiger partial charge in [0.15, 0.2) is 6.61 Å². The number of hydrogen-bond donors (Lipinski definition) is 1. The Morgan fingerprint density at radius 1 is 1.07 bits per heavy atom. The highest BCUT2D eigenvalue weighted by molar-refractivity contribution is 5.89. The number of benzene rings is 2. The molecule has 2 aromatic rings. The van der Waals surface area contributed by atoms with Gasteiger partial charge in [0, 0.05) is 6.08 Å². The van der Waals surface area contributed by atoms with Crippen LogP contribution < -0.4 is 5.32 Å². The SMILES string of the molecule is CC(C)Cc1ccc([C@H](C)NC(=O)COC(=O)/C=C/c2ccc(C#N)cc2)cc1. The molecule has 5 heteroatoms. The summed E-state index contributed by atoms with van der Waals surface area (Å²) in [5.74, 6) is -0.363. The molecule has 1 amide bonds. The van der Waals surface area contributed by atoms with E-state index in [-0.39, 0.29) is 18.6 Å². The Labute approximate surface area is 172 Å². The molecule has 0 saturated carbocycles. The molecule has 0 unspecified atom stereocenters. The van der Waals surface area contributed by atoms with E-state index in [2.05, 4.69) is 31.3 Å². The normalized spacial score (nSPS) is 11.8. The second-order valence-corrected chi connectivity index (χ2v) is 7.30. The Bertz CT molecular complexity index is 891. The lowest BCUT2D eigenvalue weighted by Crippen LogP contribution is -2.30. The van der Waals surface area contributed by atoms with Crippen molar-refractivity contribution in [3.63, 3.8) is 0 Å². The quantitative estimate of drug-likeness (QED) is 0.541. The van der Waals surface area contributed by atoms with Gasteiger partial charge in [-0.05, 0) is 54.2 Å². The Kier molecular flexibility index (Phi) is 8.17. The van der Waals surface area contributed by atoms with Gasteiger partial charge in [-0.15, -0.1) is 0 Å². The Balaban J connectivity index is 1.78. The van der Waals surface area contributed by atoms with Gasteiger partial charge in [-0.2, -0.15) is 5.26 Å². The lowest BCUT2D eigenvalue weighted by atomic mass is 10.00. The van der Waals surface area contributed by atoms with Gasteiger partial charge in [-0.1, -0.05) is 50.2 Å². The topological polar surface area (TPSA) is 79.2 Å². The molecule has 0 fully saturated rings. The van der Waals surface area contributed by atoms with Gasteiger partial charge in [0.25, 0.3) is 5.91 Å². The van der Waals surface area contributed by atoms with Crippen LogP contribution in [-0.4, -0.2) is 18.5 Å². The first-order chi connectivity index (χ1) is 13.9. The lowest BCUT2D eigenvalue weighted by Gasteiger charge is -2.15. The van der Waals surface area contributed by atoms with Crippen molar-refractivity contribution in [1.82, 2.24) is 5.32 Å². The van der Waals surface area contributed by atoms with Crippen LogP contribution in [0.5, 0.6) is 0 Å². The van der Waals surface area contributed by atoms with E-state index in [0.717, 1.165) is 17.5 Å². The summed E-state index contributed by atoms with van der Waals surface area (Å²) in [6, 6.07) is 16.8. The Morgan fingerprint density at radius 3 is 2.31 bits per heavy atom. The first kappa shape index (κ1) is 21.9. The molecule has 1 atom stereocenters. The highest BCUT2D eigenvalue weighted by Crippen LogP contribution is 2.15. The maximum Gasteiger partial charge on any atom is 0.331 e. The number of esters is 1. The zero-order valence-electron chi connectivity index (χ0n) is 17.0. The second kappa shape index (κ2) is 10.8. The van der Waals surface area contributed by atoms with Crippen LogP contribution >= 0.6 is 0 Å². The van der Waals surface area contributed by atoms with Gasteiger partial charge >= 0.3 is 5.97 Å². The minimum atomic E-state index is -0.602. The molecule has 0 aliphatic carbocycles. The lowest BCUT2D eigenvalue weighted by molar-refractivity contribution is -0.144. The molecular formula is C24H26N2O3. The summed E-state index contributed by atoms with van der Waals surface area (Å²) >= 11 is 0. The van der Waals surface area contributed by atoms with E-state index < -0.39 is 5.97 Å². The third kappa shape index (κ3) is 7.63. The van der Waals surface area contributed by atoms with E-state index in [9.17, 15) is 9.59 Å². The van der Waals surface area contributed by atoms with E-state index in [1.54, 1.807) is 30.3 Å². The first-order valence-electron chi connectivity index (χ1n) is 9.60. The van der Waals surface area contributed by atoms with Crippen molar-refractivity contribution in [2.45, 2.75) is 33.2 Å². The highest BCUT2D eigenvalue weighted by Gasteiger charge is 2.11. The zero-order valence-corrected chi connectivity index (χ0v) is 17.0. The molecule has 2 aromatic carbocycles. The maximum absolute atomic E-state index is 12.0. The molecule has 0 aliphatic rings. The molecule has 0 bridgehead atoms. The molecule has 0 aliphatic heterocycles. The molecule has 29 heavy (non-hydrogen) atoms. The van der Waals surface area contributed by atoms with E-state index >= 15 is 0 Å². The summed E-state index contributed by atoms with van der Waals surface area (Å²) in [6.07, 6.45) is 3.85. The summed E-state index contributed by atoms with van der Waals surface area (Å²) in [4.78, 5) is 23.8. The number of carbonyl (C=O) groups is 2. The van der Waals surface area contributed by atoms with Crippen LogP contribution in [0.25, 0.3) is 6.08 Å². The van der Waals surface area contributed by atoms with E-state index in [1.165, 1.54) is 11.6 Å². The van der Waals surface area contributed by atoms with Crippen molar-refractivity contribution in [3.8, 4) is 6.07 Å². The molecule has 1 N–H and O–H groups in total. The maximum atomic E-state index is 12.0. The molecular weight excluding hydrogens is 364 g/mol. The minimum absolute atomic E-state index is 0.177. The third-order valence-corrected chi connectivity index (χ3v) is 4.30. The van der Waals surface area contributed by atoms with Gasteiger partial charge < -0.3 is 10.1 Å². The monoisotopic (exact) mass is 390 g/mol. The van der Waals surface area contributed by atoms with Crippen LogP contribution in [0.1, 0.15) is 49.1 Å². The summed E-state index contributed by atoms with van der Waals surface area (Å²) < 4.78 is 4.98. The number of nitrogens with zero attached hydrogens (tertiary/aromatic N) is 1. The fourth-order valence-electron chi connectivity index (χ4n) is 2.80. The third-order valence-electron chi connectivity index (χ3n) is 4.30. The van der Waals surface area contributed by atoms with E-state index in [0.29, 0.717) is 11.5 Å². The number of ether oxygens (including phenoxy) is 1. The number of carbonyl (C=O) groups excluding carboxylic acids is 2. The van der Waals surface area contributed by atoms with Crippen LogP contribution in [0.15, 0.2) is 54.6 Å². The van der Waals surface area contributed by atoms with Crippen molar-refractivity contribution in [2.75, 3.05) is 6.61 Å². The van der Waals surface area contributed by atoms with Crippen LogP contribution in [0.4, 0.5) is 0 Å². The van der Waals surface area contributed by atoms with Crippen LogP contribution in [0.3, 0.4) is 0 Å². The van der Waals surface area contributed by atoms with Crippen molar-refractivity contribution in [3.05, 3.63) is 76.9 Å². The fourth-order valence-corrected chi connectivity index (χ4v) is 2.80. The van der Waals surface area contributed by atoms with Gasteiger partial charge in [-0.25, -0.2) is 4.79 Å². The fraction of sp³-hybridized carbons (Fsp3) is 0.292. The summed E-state index contributed by atoms with van der Waals surface area (Å²) in [6.45, 7) is 5.91. The average molecular weight is 390 g/mol. The second-order valence-electron chi connectivity index (χ2n) is 7.30. The van der Waals surface area contributed by atoms with Crippen molar-refractivity contribution in [2.24, 2.45) is 5.92 Å². The standard InChI is InChI=1S/C24H26N2O3/c1-17(2)14-20-8-11-22(12-9-20)18(3)26-23(27)16-29-24(28)13-10-19-4-6-21(15-25)7-5-19/h4-13,17-18H,14,16H2,1-3H3,(H,26,27)/b13-10+/t18-/m0/s1. The van der Waals surface area contributed by atoms with Crippen molar-refractivity contribution >= 4 is 18.0 Å². The summed E-state index contributed by atoms with van der Waals surface area (Å²) in [7, 11) is 0. The first-order valence-corrected chi connectivity index (χ1v) is 9.60. The van der Waals surface area contributed by atoms with Crippen LogP contribution in [0.2, 0.25) is 0 Å². The molecule has 2 rings (SSSR count). The predicted molar refractivity (Wildman–Crippen MR) is 113 cm³/mol. The highest BCUT2D eigenvalue weighted by atomic mass is 16.5. The number of rotatable bonds is 8. The molecule has 0 saturated heterocycles. The molecule has 0 radical (unpaired) electrons. The predicted octanol–water partition coefficient (Wildman–Crippen LogP) is 4.19. The van der Waals surface area contributed by atoms with E-state index in [4.69, 9.17) is 10.00 Å². The minimum Gasteiger partial charge on any atom is -0.452 e. The molecule has 150 valence electrons. The van der Waals surface area contributed by atoms with Gasteiger partial charge in [0.05, 0.1) is 17.7 Å². The van der Waals surface area contributed by atoms with E-state index in [1.807, 2.05) is 25.1 Å². The summed E-state index contributed by atoms with van der Waals surface area (Å²) in [5.41, 5.74) is 3.58. The van der Waals surface area contributed by atoms with Gasteiger partial charge in [0.1, 0.15) is 0 Å². The molecule has 0 spiro atoms. The number of nitriles is 1.